The molecule has 1 saturated carbocycles. The molecule has 1 heteroatoms. The molecule has 0 spiro atoms. The molecule has 18 heavy (non-hydrogen) atoms. The van der Waals surface area contributed by atoms with Gasteiger partial charge in [-0.1, -0.05) is 56.9 Å². The fourth-order valence-electron chi connectivity index (χ4n) is 2.88. The van der Waals surface area contributed by atoms with Gasteiger partial charge in [-0.2, -0.15) is 0 Å². The topological polar surface area (TPSA) is 17.1 Å². The van der Waals surface area contributed by atoms with Gasteiger partial charge in [-0.15, -0.1) is 0 Å². The predicted octanol–water partition coefficient (Wildman–Crippen LogP) is 5.11. The number of rotatable bonds is 6. The zero-order valence-corrected chi connectivity index (χ0v) is 11.5. The van der Waals surface area contributed by atoms with Crippen LogP contribution in [0.2, 0.25) is 0 Å². The van der Waals surface area contributed by atoms with E-state index in [4.69, 9.17) is 0 Å². The van der Waals surface area contributed by atoms with Crippen molar-refractivity contribution in [2.45, 2.75) is 64.2 Å². The normalized spacial score (nSPS) is 16.1. The number of benzene rings is 1. The van der Waals surface area contributed by atoms with Gasteiger partial charge in [-0.25, -0.2) is 0 Å². The summed E-state index contributed by atoms with van der Waals surface area (Å²) in [6, 6.07) is 8.40. The molecule has 98 valence electrons. The largest absolute Gasteiger partial charge is 0.294 e. The lowest BCUT2D eigenvalue weighted by Gasteiger charge is -2.09. The van der Waals surface area contributed by atoms with Gasteiger partial charge >= 0.3 is 0 Å². The predicted molar refractivity (Wildman–Crippen MR) is 76.1 cm³/mol. The lowest BCUT2D eigenvalue weighted by Crippen LogP contribution is -2.00. The number of hydrogen-bond acceptors (Lipinski definition) is 1. The van der Waals surface area contributed by atoms with Crippen LogP contribution in [0.25, 0.3) is 0 Å². The van der Waals surface area contributed by atoms with Gasteiger partial charge in [0.05, 0.1) is 0 Å². The molecule has 0 amide bonds. The molecule has 2 rings (SSSR count). The average Bonchev–Trinajstić information content (AvgIpc) is 2.93. The van der Waals surface area contributed by atoms with Crippen LogP contribution in [0, 0.1) is 0 Å². The van der Waals surface area contributed by atoms with Crippen LogP contribution in [0.3, 0.4) is 0 Å². The Labute approximate surface area is 111 Å². The van der Waals surface area contributed by atoms with Crippen LogP contribution in [0.4, 0.5) is 0 Å². The Morgan fingerprint density at radius 3 is 2.39 bits per heavy atom. The molecule has 1 aliphatic carbocycles. The summed E-state index contributed by atoms with van der Waals surface area (Å²) in [7, 11) is 0. The summed E-state index contributed by atoms with van der Waals surface area (Å²) >= 11 is 0. The molecule has 1 fully saturated rings. The van der Waals surface area contributed by atoms with Crippen molar-refractivity contribution in [3.8, 4) is 0 Å². The Kier molecular flexibility index (Phi) is 4.98. The standard InChI is InChI=1S/C17H24O/c1-2-3-4-9-17(18)16-12-10-15(11-13-16)14-7-5-6-8-14/h10-14H,2-9H2,1H3. The summed E-state index contributed by atoms with van der Waals surface area (Å²) in [6.07, 6.45) is 9.44. The van der Waals surface area contributed by atoms with Crippen molar-refractivity contribution in [3.63, 3.8) is 0 Å². The lowest BCUT2D eigenvalue weighted by atomic mass is 9.95. The van der Waals surface area contributed by atoms with Gasteiger partial charge in [0.15, 0.2) is 5.78 Å². The average molecular weight is 244 g/mol. The quantitative estimate of drug-likeness (QED) is 0.502. The van der Waals surface area contributed by atoms with E-state index < -0.39 is 0 Å². The van der Waals surface area contributed by atoms with Crippen molar-refractivity contribution in [2.75, 3.05) is 0 Å². The summed E-state index contributed by atoms with van der Waals surface area (Å²) < 4.78 is 0. The van der Waals surface area contributed by atoms with Gasteiger partial charge in [0.25, 0.3) is 0 Å². The number of hydrogen-bond donors (Lipinski definition) is 0. The first-order valence-corrected chi connectivity index (χ1v) is 7.44. The molecule has 1 aromatic rings. The van der Waals surface area contributed by atoms with Crippen LogP contribution in [0.1, 0.15) is 80.1 Å². The van der Waals surface area contributed by atoms with Gasteiger partial charge < -0.3 is 0 Å². The van der Waals surface area contributed by atoms with E-state index in [1.54, 1.807) is 0 Å². The van der Waals surface area contributed by atoms with E-state index in [0.29, 0.717) is 12.2 Å². The molecule has 0 aliphatic heterocycles. The van der Waals surface area contributed by atoms with Crippen LogP contribution in [-0.2, 0) is 0 Å². The molecule has 0 unspecified atom stereocenters. The van der Waals surface area contributed by atoms with E-state index >= 15 is 0 Å². The molecule has 0 N–H and O–H groups in total. The highest BCUT2D eigenvalue weighted by Crippen LogP contribution is 2.34. The van der Waals surface area contributed by atoms with E-state index in [9.17, 15) is 4.79 Å². The van der Waals surface area contributed by atoms with Crippen molar-refractivity contribution in [3.05, 3.63) is 35.4 Å². The first-order chi connectivity index (χ1) is 8.81. The minimum Gasteiger partial charge on any atom is -0.294 e. The molecule has 1 nitrogen and oxygen atoms in total. The SMILES string of the molecule is CCCCCC(=O)c1ccc(C2CCCC2)cc1. The third-order valence-corrected chi connectivity index (χ3v) is 4.07. The summed E-state index contributed by atoms with van der Waals surface area (Å²) in [5, 5.41) is 0. The Morgan fingerprint density at radius 2 is 1.78 bits per heavy atom. The summed E-state index contributed by atoms with van der Waals surface area (Å²) in [4.78, 5) is 12.0. The first kappa shape index (κ1) is 13.3. The Morgan fingerprint density at radius 1 is 1.11 bits per heavy atom. The Balaban J connectivity index is 1.92. The minimum atomic E-state index is 0.307. The van der Waals surface area contributed by atoms with E-state index in [-0.39, 0.29) is 0 Å². The number of Topliss-reactive ketones (excluding diaryl/α,β-unsaturated/α-hetero) is 1. The second-order valence-electron chi connectivity index (χ2n) is 5.48. The maximum absolute atomic E-state index is 12.0. The van der Waals surface area contributed by atoms with Crippen LogP contribution in [-0.4, -0.2) is 5.78 Å². The van der Waals surface area contributed by atoms with Crippen molar-refractivity contribution in [1.29, 1.82) is 0 Å². The van der Waals surface area contributed by atoms with Crippen LogP contribution in [0.15, 0.2) is 24.3 Å². The molecule has 1 aromatic carbocycles. The van der Waals surface area contributed by atoms with Gasteiger partial charge in [0.2, 0.25) is 0 Å². The van der Waals surface area contributed by atoms with Crippen molar-refractivity contribution >= 4 is 5.78 Å². The molecular weight excluding hydrogens is 220 g/mol. The second kappa shape index (κ2) is 6.72. The molecule has 0 radical (unpaired) electrons. The number of carbonyl (C=O) groups excluding carboxylic acids is 1. The number of unbranched alkanes of at least 4 members (excludes halogenated alkanes) is 2. The Bertz CT molecular complexity index is 371. The summed E-state index contributed by atoms with van der Waals surface area (Å²) in [6.45, 7) is 2.17. The van der Waals surface area contributed by atoms with Gasteiger partial charge in [-0.05, 0) is 30.7 Å². The third kappa shape index (κ3) is 3.44. The second-order valence-corrected chi connectivity index (χ2v) is 5.48. The van der Waals surface area contributed by atoms with E-state index in [2.05, 4.69) is 19.1 Å². The molecule has 1 aliphatic rings. The van der Waals surface area contributed by atoms with Crippen molar-refractivity contribution in [1.82, 2.24) is 0 Å². The highest BCUT2D eigenvalue weighted by Gasteiger charge is 2.17. The lowest BCUT2D eigenvalue weighted by molar-refractivity contribution is 0.0979. The molecule has 0 atom stereocenters. The number of ketones is 1. The smallest absolute Gasteiger partial charge is 0.162 e. The molecule has 0 bridgehead atoms. The van der Waals surface area contributed by atoms with Crippen LogP contribution in [0.5, 0.6) is 0 Å². The number of carbonyl (C=O) groups is 1. The van der Waals surface area contributed by atoms with Crippen molar-refractivity contribution < 1.29 is 4.79 Å². The highest BCUT2D eigenvalue weighted by atomic mass is 16.1. The van der Waals surface area contributed by atoms with Gasteiger partial charge in [0, 0.05) is 12.0 Å². The Hall–Kier alpha value is -1.11. The first-order valence-electron chi connectivity index (χ1n) is 7.44. The monoisotopic (exact) mass is 244 g/mol. The minimum absolute atomic E-state index is 0.307. The van der Waals surface area contributed by atoms with Gasteiger partial charge in [-0.3, -0.25) is 4.79 Å². The van der Waals surface area contributed by atoms with Crippen LogP contribution < -0.4 is 0 Å². The van der Waals surface area contributed by atoms with Gasteiger partial charge in [0.1, 0.15) is 0 Å². The fraction of sp³-hybridized carbons (Fsp3) is 0.588. The van der Waals surface area contributed by atoms with E-state index in [1.807, 2.05) is 12.1 Å². The summed E-state index contributed by atoms with van der Waals surface area (Å²) in [5.41, 5.74) is 2.32. The van der Waals surface area contributed by atoms with Crippen molar-refractivity contribution in [2.24, 2.45) is 0 Å². The molecular formula is C17H24O. The van der Waals surface area contributed by atoms with Crippen LogP contribution >= 0.6 is 0 Å². The van der Waals surface area contributed by atoms with E-state index in [0.717, 1.165) is 24.3 Å². The highest BCUT2D eigenvalue weighted by molar-refractivity contribution is 5.96. The van der Waals surface area contributed by atoms with E-state index in [1.165, 1.54) is 37.7 Å². The summed E-state index contributed by atoms with van der Waals surface area (Å²) in [5.74, 6) is 1.05. The third-order valence-electron chi connectivity index (χ3n) is 4.07. The molecule has 0 heterocycles. The zero-order valence-electron chi connectivity index (χ0n) is 11.5. The molecule has 0 saturated heterocycles. The fourth-order valence-corrected chi connectivity index (χ4v) is 2.88. The molecule has 0 aromatic heterocycles. The zero-order chi connectivity index (χ0) is 12.8. The maximum Gasteiger partial charge on any atom is 0.162 e. The maximum atomic E-state index is 12.0.